The van der Waals surface area contributed by atoms with Crippen LogP contribution < -0.4 is 16.6 Å². The summed E-state index contributed by atoms with van der Waals surface area (Å²) in [6.45, 7) is 2.30. The van der Waals surface area contributed by atoms with Gasteiger partial charge in [0.25, 0.3) is 5.56 Å². The van der Waals surface area contributed by atoms with E-state index in [0.717, 1.165) is 5.56 Å². The molecule has 0 radical (unpaired) electrons. The quantitative estimate of drug-likeness (QED) is 0.604. The van der Waals surface area contributed by atoms with E-state index in [9.17, 15) is 9.59 Å². The van der Waals surface area contributed by atoms with Crippen LogP contribution in [0.1, 0.15) is 11.7 Å². The summed E-state index contributed by atoms with van der Waals surface area (Å²) in [5.41, 5.74) is 1.30. The molecule has 8 nitrogen and oxygen atoms in total. The molecular formula is C19H19Cl3N4O4. The molecule has 0 saturated carbocycles. The first kappa shape index (κ1) is 22.6. The molecular weight excluding hydrogens is 455 g/mol. The van der Waals surface area contributed by atoms with E-state index in [1.807, 2.05) is 6.07 Å². The molecule has 160 valence electrons. The van der Waals surface area contributed by atoms with Gasteiger partial charge in [-0.05, 0) is 23.8 Å². The Balaban J connectivity index is 0.00000256. The van der Waals surface area contributed by atoms with Crippen LogP contribution in [0.4, 0.5) is 0 Å². The third kappa shape index (κ3) is 4.96. The third-order valence-electron chi connectivity index (χ3n) is 4.81. The number of H-pyrrole nitrogens is 1. The molecule has 2 aromatic heterocycles. The standard InChI is InChI=1S/C19H18Cl2N4O4.ClH/c20-14-3-1-11(7-15(14)21)17-13(8-22-5-6-28-17)10-25-9-12(2-4-16(25)26)18-23-19(27)29-24-18;/h1-4,7,9,13,17,22H,5-6,8,10H2,(H,23,24,27);1H/t13-,17-;/m0./s1. The topological polar surface area (TPSA) is 102 Å². The molecule has 1 aliphatic rings. The maximum absolute atomic E-state index is 12.5. The van der Waals surface area contributed by atoms with E-state index in [1.165, 1.54) is 6.07 Å². The van der Waals surface area contributed by atoms with Crippen molar-refractivity contribution in [2.24, 2.45) is 5.92 Å². The average molecular weight is 474 g/mol. The average Bonchev–Trinajstić information content (AvgIpc) is 3.01. The van der Waals surface area contributed by atoms with E-state index in [2.05, 4.69) is 20.0 Å². The second-order valence-electron chi connectivity index (χ2n) is 6.78. The molecule has 4 rings (SSSR count). The highest BCUT2D eigenvalue weighted by Gasteiger charge is 2.27. The predicted octanol–water partition coefficient (Wildman–Crippen LogP) is 2.90. The molecule has 3 heterocycles. The fraction of sp³-hybridized carbons (Fsp3) is 0.316. The molecule has 3 aromatic rings. The molecule has 2 N–H and O–H groups in total. The van der Waals surface area contributed by atoms with Crippen LogP contribution in [0.25, 0.3) is 11.4 Å². The highest BCUT2D eigenvalue weighted by Crippen LogP contribution is 2.32. The van der Waals surface area contributed by atoms with Crippen LogP contribution in [0.3, 0.4) is 0 Å². The second-order valence-corrected chi connectivity index (χ2v) is 7.60. The van der Waals surface area contributed by atoms with Crippen LogP contribution >= 0.6 is 35.6 Å². The number of nitrogens with zero attached hydrogens (tertiary/aromatic N) is 2. The summed E-state index contributed by atoms with van der Waals surface area (Å²) in [5, 5.41) is 7.95. The number of nitrogens with one attached hydrogen (secondary N) is 2. The minimum Gasteiger partial charge on any atom is -0.372 e. The number of ether oxygens (including phenoxy) is 1. The molecule has 1 saturated heterocycles. The first-order valence-corrected chi connectivity index (χ1v) is 9.81. The SMILES string of the molecule is Cl.O=c1[nH]c(-c2ccc(=O)n(C[C@@H]3CNCCO[C@H]3c3ccc(Cl)c(Cl)c3)c2)no1. The zero-order chi connectivity index (χ0) is 20.4. The lowest BCUT2D eigenvalue weighted by atomic mass is 9.95. The van der Waals surface area contributed by atoms with Crippen LogP contribution in [0, 0.1) is 5.92 Å². The van der Waals surface area contributed by atoms with Crippen LogP contribution in [-0.4, -0.2) is 34.4 Å². The first-order chi connectivity index (χ1) is 14.0. The van der Waals surface area contributed by atoms with Crippen molar-refractivity contribution >= 4 is 35.6 Å². The van der Waals surface area contributed by atoms with Gasteiger partial charge in [0.2, 0.25) is 0 Å². The molecule has 2 atom stereocenters. The fourth-order valence-electron chi connectivity index (χ4n) is 3.43. The highest BCUT2D eigenvalue weighted by molar-refractivity contribution is 6.42. The fourth-order valence-corrected chi connectivity index (χ4v) is 3.73. The van der Waals surface area contributed by atoms with Gasteiger partial charge in [0.1, 0.15) is 0 Å². The largest absolute Gasteiger partial charge is 0.439 e. The van der Waals surface area contributed by atoms with Crippen LogP contribution in [-0.2, 0) is 11.3 Å². The van der Waals surface area contributed by atoms with Crippen LogP contribution in [0.2, 0.25) is 10.0 Å². The summed E-state index contributed by atoms with van der Waals surface area (Å²) in [6.07, 6.45) is 1.38. The van der Waals surface area contributed by atoms with E-state index < -0.39 is 5.76 Å². The number of pyridine rings is 1. The predicted molar refractivity (Wildman–Crippen MR) is 116 cm³/mol. The lowest BCUT2D eigenvalue weighted by Gasteiger charge is -2.26. The summed E-state index contributed by atoms with van der Waals surface area (Å²) in [6, 6.07) is 8.45. The first-order valence-electron chi connectivity index (χ1n) is 9.05. The van der Waals surface area contributed by atoms with Crippen molar-refractivity contribution < 1.29 is 9.26 Å². The van der Waals surface area contributed by atoms with Crippen LogP contribution in [0.5, 0.6) is 0 Å². The van der Waals surface area contributed by atoms with E-state index in [-0.39, 0.29) is 35.8 Å². The number of aromatic nitrogens is 3. The Morgan fingerprint density at radius 3 is 2.73 bits per heavy atom. The summed E-state index contributed by atoms with van der Waals surface area (Å²) >= 11 is 12.2. The number of halogens is 3. The monoisotopic (exact) mass is 472 g/mol. The highest BCUT2D eigenvalue weighted by atomic mass is 35.5. The minimum absolute atomic E-state index is 0. The summed E-state index contributed by atoms with van der Waals surface area (Å²) in [7, 11) is 0. The van der Waals surface area contributed by atoms with Crippen molar-refractivity contribution in [3.05, 3.63) is 73.0 Å². The molecule has 0 unspecified atom stereocenters. The molecule has 1 fully saturated rings. The Hall–Kier alpha value is -2.10. The number of rotatable bonds is 4. The normalized spacial score (nSPS) is 19.1. The lowest BCUT2D eigenvalue weighted by molar-refractivity contribution is 0.0251. The maximum atomic E-state index is 12.5. The van der Waals surface area contributed by atoms with E-state index in [1.54, 1.807) is 29.0 Å². The molecule has 0 aliphatic carbocycles. The van der Waals surface area contributed by atoms with Crippen molar-refractivity contribution in [2.75, 3.05) is 19.7 Å². The third-order valence-corrected chi connectivity index (χ3v) is 5.55. The number of hydrogen-bond acceptors (Lipinski definition) is 6. The van der Waals surface area contributed by atoms with E-state index >= 15 is 0 Å². The van der Waals surface area contributed by atoms with Gasteiger partial charge in [-0.25, -0.2) is 4.79 Å². The van der Waals surface area contributed by atoms with Gasteiger partial charge in [-0.3, -0.25) is 14.3 Å². The number of benzene rings is 1. The molecule has 11 heteroatoms. The molecule has 30 heavy (non-hydrogen) atoms. The Morgan fingerprint density at radius 1 is 1.17 bits per heavy atom. The molecule has 0 bridgehead atoms. The van der Waals surface area contributed by atoms with Crippen molar-refractivity contribution in [1.29, 1.82) is 0 Å². The van der Waals surface area contributed by atoms with E-state index in [0.29, 0.717) is 41.8 Å². The molecule has 1 aromatic carbocycles. The smallest absolute Gasteiger partial charge is 0.372 e. The van der Waals surface area contributed by atoms with Crippen LogP contribution in [0.15, 0.2) is 50.6 Å². The van der Waals surface area contributed by atoms with Gasteiger partial charge < -0.3 is 14.6 Å². The van der Waals surface area contributed by atoms with Crippen molar-refractivity contribution in [3.63, 3.8) is 0 Å². The van der Waals surface area contributed by atoms with Gasteiger partial charge in [0.05, 0.1) is 22.8 Å². The summed E-state index contributed by atoms with van der Waals surface area (Å²) in [5.74, 6) is -0.433. The Kier molecular flexibility index (Phi) is 7.38. The van der Waals surface area contributed by atoms with Crippen molar-refractivity contribution in [3.8, 4) is 11.4 Å². The summed E-state index contributed by atoms with van der Waals surface area (Å²) in [4.78, 5) is 26.2. The Labute approximate surface area is 187 Å². The Bertz CT molecular complexity index is 1130. The zero-order valence-corrected chi connectivity index (χ0v) is 18.0. The van der Waals surface area contributed by atoms with Crippen molar-refractivity contribution in [1.82, 2.24) is 20.0 Å². The number of hydrogen-bond donors (Lipinski definition) is 2. The minimum atomic E-state index is -0.654. The number of aromatic amines is 1. The molecule has 1 aliphatic heterocycles. The van der Waals surface area contributed by atoms with E-state index in [4.69, 9.17) is 27.9 Å². The lowest BCUT2D eigenvalue weighted by Crippen LogP contribution is -2.32. The van der Waals surface area contributed by atoms with Gasteiger partial charge >= 0.3 is 5.76 Å². The zero-order valence-electron chi connectivity index (χ0n) is 15.6. The molecule has 0 amide bonds. The van der Waals surface area contributed by atoms with Gasteiger partial charge in [-0.15, -0.1) is 12.4 Å². The Morgan fingerprint density at radius 2 is 2.00 bits per heavy atom. The van der Waals surface area contributed by atoms with Gasteiger partial charge in [-0.1, -0.05) is 34.4 Å². The van der Waals surface area contributed by atoms with Gasteiger partial charge in [-0.2, -0.15) is 0 Å². The maximum Gasteiger partial charge on any atom is 0.439 e. The van der Waals surface area contributed by atoms with Crippen molar-refractivity contribution in [2.45, 2.75) is 12.6 Å². The second kappa shape index (κ2) is 9.80. The van der Waals surface area contributed by atoms with Gasteiger partial charge in [0.15, 0.2) is 5.82 Å². The summed E-state index contributed by atoms with van der Waals surface area (Å²) < 4.78 is 12.2. The molecule has 0 spiro atoms. The van der Waals surface area contributed by atoms with Gasteiger partial charge in [0, 0.05) is 43.4 Å².